The van der Waals surface area contributed by atoms with Crippen LogP contribution in [0.25, 0.3) is 11.5 Å². The lowest BCUT2D eigenvalue weighted by Crippen LogP contribution is -2.38. The molecule has 0 spiro atoms. The second-order valence-corrected chi connectivity index (χ2v) is 7.36. The van der Waals surface area contributed by atoms with Crippen molar-refractivity contribution in [3.05, 3.63) is 71.6 Å². The summed E-state index contributed by atoms with van der Waals surface area (Å²) in [4.78, 5) is 14.7. The Hall–Kier alpha value is -2.95. The Morgan fingerprint density at radius 3 is 2.43 bits per heavy atom. The predicted octanol–water partition coefficient (Wildman–Crippen LogP) is 4.39. The van der Waals surface area contributed by atoms with Gasteiger partial charge in [-0.1, -0.05) is 37.3 Å². The fraction of sp³-hybridized carbons (Fsp3) is 0.348. The van der Waals surface area contributed by atoms with Crippen molar-refractivity contribution in [1.82, 2.24) is 15.1 Å². The van der Waals surface area contributed by atoms with Crippen molar-refractivity contribution in [3.8, 4) is 11.5 Å². The molecule has 3 aromatic rings. The third-order valence-electron chi connectivity index (χ3n) is 5.46. The van der Waals surface area contributed by atoms with Gasteiger partial charge in [0.25, 0.3) is 5.91 Å². The first-order valence-corrected chi connectivity index (χ1v) is 9.99. The minimum Gasteiger partial charge on any atom is -0.421 e. The number of piperidine rings is 1. The van der Waals surface area contributed by atoms with E-state index >= 15 is 0 Å². The van der Waals surface area contributed by atoms with Crippen LogP contribution in [0.4, 0.5) is 0 Å². The summed E-state index contributed by atoms with van der Waals surface area (Å²) in [6.45, 7) is 3.67. The number of amides is 1. The Balaban J connectivity index is 1.32. The van der Waals surface area contributed by atoms with Gasteiger partial charge >= 0.3 is 0 Å². The van der Waals surface area contributed by atoms with Crippen LogP contribution in [-0.2, 0) is 12.8 Å². The highest BCUT2D eigenvalue weighted by atomic mass is 16.4. The molecule has 144 valence electrons. The van der Waals surface area contributed by atoms with Crippen molar-refractivity contribution in [2.24, 2.45) is 5.92 Å². The number of hydrogen-bond acceptors (Lipinski definition) is 4. The second-order valence-electron chi connectivity index (χ2n) is 7.36. The van der Waals surface area contributed by atoms with Crippen LogP contribution >= 0.6 is 0 Å². The number of aryl methyl sites for hydroxylation is 1. The van der Waals surface area contributed by atoms with Crippen LogP contribution in [0.15, 0.2) is 59.0 Å². The van der Waals surface area contributed by atoms with Crippen molar-refractivity contribution in [1.29, 1.82) is 0 Å². The summed E-state index contributed by atoms with van der Waals surface area (Å²) in [6, 6.07) is 17.8. The SMILES string of the molecule is CCc1ccc(C(=O)N2CCC(Cc3nnc(-c4ccccc4)o3)CC2)cc1. The normalized spacial score (nSPS) is 15.0. The van der Waals surface area contributed by atoms with Crippen molar-refractivity contribution < 1.29 is 9.21 Å². The summed E-state index contributed by atoms with van der Waals surface area (Å²) in [5, 5.41) is 8.38. The monoisotopic (exact) mass is 375 g/mol. The fourth-order valence-electron chi connectivity index (χ4n) is 3.69. The van der Waals surface area contributed by atoms with Crippen molar-refractivity contribution >= 4 is 5.91 Å². The summed E-state index contributed by atoms with van der Waals surface area (Å²) in [5.74, 6) is 1.85. The third-order valence-corrected chi connectivity index (χ3v) is 5.46. The minimum absolute atomic E-state index is 0.130. The molecular formula is C23H25N3O2. The molecule has 0 unspecified atom stereocenters. The summed E-state index contributed by atoms with van der Waals surface area (Å²) in [7, 11) is 0. The van der Waals surface area contributed by atoms with Crippen LogP contribution in [-0.4, -0.2) is 34.1 Å². The third kappa shape index (κ3) is 4.14. The van der Waals surface area contributed by atoms with E-state index in [2.05, 4.69) is 17.1 Å². The van der Waals surface area contributed by atoms with Crippen LogP contribution in [0.1, 0.15) is 41.6 Å². The van der Waals surface area contributed by atoms with Gasteiger partial charge in [-0.3, -0.25) is 4.79 Å². The largest absolute Gasteiger partial charge is 0.421 e. The molecule has 5 nitrogen and oxygen atoms in total. The maximum absolute atomic E-state index is 12.7. The molecule has 1 aliphatic rings. The van der Waals surface area contributed by atoms with Gasteiger partial charge in [0, 0.05) is 30.6 Å². The zero-order valence-corrected chi connectivity index (χ0v) is 16.2. The molecule has 1 saturated heterocycles. The van der Waals surface area contributed by atoms with Crippen LogP contribution in [0.5, 0.6) is 0 Å². The lowest BCUT2D eigenvalue weighted by Gasteiger charge is -2.31. The summed E-state index contributed by atoms with van der Waals surface area (Å²) < 4.78 is 5.84. The molecule has 1 fully saturated rings. The van der Waals surface area contributed by atoms with E-state index in [9.17, 15) is 4.79 Å². The van der Waals surface area contributed by atoms with Gasteiger partial charge in [-0.05, 0) is 55.0 Å². The number of carbonyl (C=O) groups excluding carboxylic acids is 1. The zero-order chi connectivity index (χ0) is 19.3. The second kappa shape index (κ2) is 8.38. The number of hydrogen-bond donors (Lipinski definition) is 0. The fourth-order valence-corrected chi connectivity index (χ4v) is 3.69. The molecule has 28 heavy (non-hydrogen) atoms. The lowest BCUT2D eigenvalue weighted by molar-refractivity contribution is 0.0688. The minimum atomic E-state index is 0.130. The number of likely N-dealkylation sites (tertiary alicyclic amines) is 1. The molecule has 2 heterocycles. The molecule has 0 aliphatic carbocycles. The standard InChI is InChI=1S/C23H25N3O2/c1-2-17-8-10-20(11-9-17)23(27)26-14-12-18(13-15-26)16-21-24-25-22(28-21)19-6-4-3-5-7-19/h3-11,18H,2,12-16H2,1H3. The maximum atomic E-state index is 12.7. The molecule has 0 radical (unpaired) electrons. The van der Waals surface area contributed by atoms with Gasteiger partial charge in [0.05, 0.1) is 0 Å². The van der Waals surface area contributed by atoms with Gasteiger partial charge in [-0.25, -0.2) is 0 Å². The van der Waals surface area contributed by atoms with Gasteiger partial charge in [0.2, 0.25) is 11.8 Å². The summed E-state index contributed by atoms with van der Waals surface area (Å²) in [5.41, 5.74) is 2.97. The Morgan fingerprint density at radius 1 is 1.04 bits per heavy atom. The van der Waals surface area contributed by atoms with E-state index in [0.29, 0.717) is 17.7 Å². The van der Waals surface area contributed by atoms with E-state index in [1.165, 1.54) is 5.56 Å². The Labute approximate surface area is 165 Å². The van der Waals surface area contributed by atoms with E-state index < -0.39 is 0 Å². The molecule has 0 atom stereocenters. The topological polar surface area (TPSA) is 59.2 Å². The number of benzene rings is 2. The number of rotatable bonds is 5. The quantitative estimate of drug-likeness (QED) is 0.663. The smallest absolute Gasteiger partial charge is 0.253 e. The number of aromatic nitrogens is 2. The summed E-state index contributed by atoms with van der Waals surface area (Å²) in [6.07, 6.45) is 3.68. The Morgan fingerprint density at radius 2 is 1.75 bits per heavy atom. The predicted molar refractivity (Wildman–Crippen MR) is 108 cm³/mol. The highest BCUT2D eigenvalue weighted by molar-refractivity contribution is 5.94. The van der Waals surface area contributed by atoms with E-state index in [-0.39, 0.29) is 5.91 Å². The van der Waals surface area contributed by atoms with E-state index in [0.717, 1.165) is 49.9 Å². The van der Waals surface area contributed by atoms with E-state index in [1.54, 1.807) is 0 Å². The molecule has 2 aromatic carbocycles. The summed E-state index contributed by atoms with van der Waals surface area (Å²) >= 11 is 0. The molecule has 1 aromatic heterocycles. The average Bonchev–Trinajstić information content (AvgIpc) is 3.23. The molecule has 1 amide bonds. The first-order valence-electron chi connectivity index (χ1n) is 9.99. The molecule has 0 N–H and O–H groups in total. The Bertz CT molecular complexity index is 911. The van der Waals surface area contributed by atoms with Gasteiger partial charge in [0.15, 0.2) is 0 Å². The van der Waals surface area contributed by atoms with Crippen molar-refractivity contribution in [3.63, 3.8) is 0 Å². The molecular weight excluding hydrogens is 350 g/mol. The molecule has 0 saturated carbocycles. The lowest BCUT2D eigenvalue weighted by atomic mass is 9.93. The molecule has 1 aliphatic heterocycles. The first-order chi connectivity index (χ1) is 13.7. The van der Waals surface area contributed by atoms with Gasteiger partial charge in [-0.15, -0.1) is 10.2 Å². The molecule has 4 rings (SSSR count). The molecule has 5 heteroatoms. The molecule has 0 bridgehead atoms. The zero-order valence-electron chi connectivity index (χ0n) is 16.2. The van der Waals surface area contributed by atoms with Crippen LogP contribution in [0.3, 0.4) is 0 Å². The highest BCUT2D eigenvalue weighted by Crippen LogP contribution is 2.24. The van der Waals surface area contributed by atoms with Gasteiger partial charge in [-0.2, -0.15) is 0 Å². The maximum Gasteiger partial charge on any atom is 0.253 e. The van der Waals surface area contributed by atoms with Crippen LogP contribution < -0.4 is 0 Å². The number of carbonyl (C=O) groups is 1. The van der Waals surface area contributed by atoms with Crippen molar-refractivity contribution in [2.75, 3.05) is 13.1 Å². The first kappa shape index (κ1) is 18.4. The van der Waals surface area contributed by atoms with Gasteiger partial charge < -0.3 is 9.32 Å². The van der Waals surface area contributed by atoms with Crippen LogP contribution in [0.2, 0.25) is 0 Å². The van der Waals surface area contributed by atoms with Crippen molar-refractivity contribution in [2.45, 2.75) is 32.6 Å². The van der Waals surface area contributed by atoms with E-state index in [4.69, 9.17) is 4.42 Å². The van der Waals surface area contributed by atoms with Gasteiger partial charge in [0.1, 0.15) is 0 Å². The average molecular weight is 375 g/mol. The number of nitrogens with zero attached hydrogens (tertiary/aromatic N) is 3. The highest BCUT2D eigenvalue weighted by Gasteiger charge is 2.25. The van der Waals surface area contributed by atoms with E-state index in [1.807, 2.05) is 59.5 Å². The van der Waals surface area contributed by atoms with Crippen LogP contribution in [0, 0.1) is 5.92 Å². The Kier molecular flexibility index (Phi) is 5.51.